The Morgan fingerprint density at radius 2 is 1.95 bits per heavy atom. The van der Waals surface area contributed by atoms with Crippen LogP contribution >= 0.6 is 10.7 Å². The number of rotatable bonds is 4. The van der Waals surface area contributed by atoms with Gasteiger partial charge < -0.3 is 4.90 Å². The Balaban J connectivity index is 3.45. The standard InChI is InChI=1S/C11H10ClF2NO3S/c1-3-4-15(2)11(16)7-5-8(13)9(14)6-10(7)19(12,17)18/h3,5-6H,1,4H2,2H3. The topological polar surface area (TPSA) is 54.5 Å². The van der Waals surface area contributed by atoms with Crippen molar-refractivity contribution in [3.63, 3.8) is 0 Å². The Morgan fingerprint density at radius 1 is 1.42 bits per heavy atom. The minimum Gasteiger partial charge on any atom is -0.338 e. The fourth-order valence-electron chi connectivity index (χ4n) is 1.38. The molecule has 1 aromatic rings. The number of hydrogen-bond donors (Lipinski definition) is 0. The van der Waals surface area contributed by atoms with Gasteiger partial charge in [-0.05, 0) is 12.1 Å². The Morgan fingerprint density at radius 3 is 2.42 bits per heavy atom. The molecule has 0 bridgehead atoms. The number of nitrogens with zero attached hydrogens (tertiary/aromatic N) is 1. The molecule has 0 aliphatic heterocycles. The van der Waals surface area contributed by atoms with Crippen molar-refractivity contribution in [1.82, 2.24) is 4.90 Å². The second kappa shape index (κ2) is 5.66. The summed E-state index contributed by atoms with van der Waals surface area (Å²) in [6.45, 7) is 3.52. The molecule has 0 aliphatic carbocycles. The first-order chi connectivity index (χ1) is 8.68. The highest BCUT2D eigenvalue weighted by Crippen LogP contribution is 2.24. The van der Waals surface area contributed by atoms with Crippen molar-refractivity contribution >= 4 is 25.6 Å². The average Bonchev–Trinajstić information content (AvgIpc) is 2.30. The number of likely N-dealkylation sites (N-methyl/N-ethyl adjacent to an activating group) is 1. The van der Waals surface area contributed by atoms with Crippen LogP contribution in [0.1, 0.15) is 10.4 Å². The number of carbonyl (C=O) groups excluding carboxylic acids is 1. The van der Waals surface area contributed by atoms with Gasteiger partial charge in [0.15, 0.2) is 11.6 Å². The minimum atomic E-state index is -4.37. The van der Waals surface area contributed by atoms with Crippen LogP contribution in [-0.4, -0.2) is 32.8 Å². The third-order valence-corrected chi connectivity index (χ3v) is 3.63. The molecule has 1 amide bonds. The van der Waals surface area contributed by atoms with E-state index in [0.717, 1.165) is 4.90 Å². The molecule has 1 rings (SSSR count). The molecule has 0 aliphatic rings. The summed E-state index contributed by atoms with van der Waals surface area (Å²) in [5, 5.41) is 0. The van der Waals surface area contributed by atoms with Crippen LogP contribution in [0.3, 0.4) is 0 Å². The van der Waals surface area contributed by atoms with Gasteiger partial charge in [0.25, 0.3) is 15.0 Å². The quantitative estimate of drug-likeness (QED) is 0.632. The lowest BCUT2D eigenvalue weighted by Crippen LogP contribution is -2.28. The van der Waals surface area contributed by atoms with Gasteiger partial charge in [-0.1, -0.05) is 6.08 Å². The molecule has 0 aromatic heterocycles. The maximum Gasteiger partial charge on any atom is 0.262 e. The summed E-state index contributed by atoms with van der Waals surface area (Å²) >= 11 is 0. The monoisotopic (exact) mass is 309 g/mol. The third-order valence-electron chi connectivity index (χ3n) is 2.27. The highest BCUT2D eigenvalue weighted by molar-refractivity contribution is 8.13. The van der Waals surface area contributed by atoms with Crippen LogP contribution < -0.4 is 0 Å². The number of carbonyl (C=O) groups is 1. The zero-order chi connectivity index (χ0) is 14.8. The lowest BCUT2D eigenvalue weighted by atomic mass is 10.2. The van der Waals surface area contributed by atoms with E-state index in [1.807, 2.05) is 0 Å². The molecule has 19 heavy (non-hydrogen) atoms. The van der Waals surface area contributed by atoms with Crippen molar-refractivity contribution < 1.29 is 22.0 Å². The van der Waals surface area contributed by atoms with Gasteiger partial charge in [0.05, 0.1) is 10.5 Å². The Kier molecular flexibility index (Phi) is 4.65. The lowest BCUT2D eigenvalue weighted by Gasteiger charge is -2.16. The van der Waals surface area contributed by atoms with Crippen LogP contribution in [0.2, 0.25) is 0 Å². The Labute approximate surface area is 113 Å². The molecular formula is C11H10ClF2NO3S. The second-order valence-electron chi connectivity index (χ2n) is 3.67. The SMILES string of the molecule is C=CCN(C)C(=O)c1cc(F)c(F)cc1S(=O)(=O)Cl. The predicted octanol–water partition coefficient (Wildman–Crippen LogP) is 2.15. The zero-order valence-corrected chi connectivity index (χ0v) is 11.4. The smallest absolute Gasteiger partial charge is 0.262 e. The number of hydrogen-bond acceptors (Lipinski definition) is 3. The molecule has 8 heteroatoms. The normalized spacial score (nSPS) is 11.2. The molecule has 0 atom stereocenters. The summed E-state index contributed by atoms with van der Waals surface area (Å²) in [5.74, 6) is -3.54. The van der Waals surface area contributed by atoms with Crippen LogP contribution in [0.5, 0.6) is 0 Å². The Hall–Kier alpha value is -1.47. The summed E-state index contributed by atoms with van der Waals surface area (Å²) in [7, 11) is 2.09. The van der Waals surface area contributed by atoms with Crippen molar-refractivity contribution in [2.75, 3.05) is 13.6 Å². The van der Waals surface area contributed by atoms with Crippen LogP contribution in [-0.2, 0) is 9.05 Å². The van der Waals surface area contributed by atoms with Gasteiger partial charge in [-0.3, -0.25) is 4.79 Å². The predicted molar refractivity (Wildman–Crippen MR) is 66.6 cm³/mol. The average molecular weight is 310 g/mol. The van der Waals surface area contributed by atoms with Crippen molar-refractivity contribution in [2.24, 2.45) is 0 Å². The minimum absolute atomic E-state index is 0.111. The van der Waals surface area contributed by atoms with Gasteiger partial charge in [0.2, 0.25) is 0 Å². The first-order valence-corrected chi connectivity index (χ1v) is 7.29. The summed E-state index contributed by atoms with van der Waals surface area (Å²) in [4.78, 5) is 12.3. The lowest BCUT2D eigenvalue weighted by molar-refractivity contribution is 0.0806. The van der Waals surface area contributed by atoms with E-state index in [9.17, 15) is 22.0 Å². The van der Waals surface area contributed by atoms with E-state index in [1.54, 1.807) is 0 Å². The highest BCUT2D eigenvalue weighted by atomic mass is 35.7. The highest BCUT2D eigenvalue weighted by Gasteiger charge is 2.25. The van der Waals surface area contributed by atoms with E-state index >= 15 is 0 Å². The maximum absolute atomic E-state index is 13.2. The zero-order valence-electron chi connectivity index (χ0n) is 9.86. The van der Waals surface area contributed by atoms with Crippen LogP contribution in [0, 0.1) is 11.6 Å². The molecule has 0 saturated heterocycles. The second-order valence-corrected chi connectivity index (χ2v) is 6.21. The van der Waals surface area contributed by atoms with Gasteiger partial charge in [0.1, 0.15) is 0 Å². The number of halogens is 3. The molecule has 0 N–H and O–H groups in total. The largest absolute Gasteiger partial charge is 0.338 e. The van der Waals surface area contributed by atoms with Crippen molar-refractivity contribution in [3.8, 4) is 0 Å². The summed E-state index contributed by atoms with van der Waals surface area (Å²) in [6.07, 6.45) is 1.40. The van der Waals surface area contributed by atoms with Crippen molar-refractivity contribution in [3.05, 3.63) is 42.0 Å². The van der Waals surface area contributed by atoms with E-state index in [0.29, 0.717) is 12.1 Å². The molecule has 1 aromatic carbocycles. The molecule has 0 heterocycles. The summed E-state index contributed by atoms with van der Waals surface area (Å²) < 4.78 is 48.8. The van der Waals surface area contributed by atoms with Crippen LogP contribution in [0.15, 0.2) is 29.7 Å². The van der Waals surface area contributed by atoms with E-state index < -0.39 is 37.1 Å². The van der Waals surface area contributed by atoms with Crippen molar-refractivity contribution in [2.45, 2.75) is 4.90 Å². The van der Waals surface area contributed by atoms with Crippen LogP contribution in [0.4, 0.5) is 8.78 Å². The Bertz CT molecular complexity index is 631. The molecule has 0 saturated carbocycles. The molecule has 104 valence electrons. The molecule has 0 unspecified atom stereocenters. The molecular weight excluding hydrogens is 300 g/mol. The van der Waals surface area contributed by atoms with Gasteiger partial charge in [-0.2, -0.15) is 0 Å². The summed E-state index contributed by atoms with van der Waals surface area (Å²) in [6, 6.07) is 0.888. The molecule has 0 radical (unpaired) electrons. The van der Waals surface area contributed by atoms with E-state index in [-0.39, 0.29) is 6.54 Å². The van der Waals surface area contributed by atoms with Gasteiger partial charge >= 0.3 is 0 Å². The number of amides is 1. The fraction of sp³-hybridized carbons (Fsp3) is 0.182. The summed E-state index contributed by atoms with van der Waals surface area (Å²) in [5.41, 5.74) is -0.529. The van der Waals surface area contributed by atoms with Gasteiger partial charge in [0, 0.05) is 24.3 Å². The van der Waals surface area contributed by atoms with E-state index in [1.165, 1.54) is 13.1 Å². The number of benzene rings is 1. The molecule has 0 fully saturated rings. The van der Waals surface area contributed by atoms with Gasteiger partial charge in [-0.25, -0.2) is 17.2 Å². The van der Waals surface area contributed by atoms with E-state index in [2.05, 4.69) is 6.58 Å². The van der Waals surface area contributed by atoms with Crippen molar-refractivity contribution in [1.29, 1.82) is 0 Å². The van der Waals surface area contributed by atoms with Crippen LogP contribution in [0.25, 0.3) is 0 Å². The first-order valence-electron chi connectivity index (χ1n) is 4.98. The first kappa shape index (κ1) is 15.6. The molecule has 4 nitrogen and oxygen atoms in total. The van der Waals surface area contributed by atoms with Gasteiger partial charge in [-0.15, -0.1) is 6.58 Å². The van der Waals surface area contributed by atoms with E-state index in [4.69, 9.17) is 10.7 Å². The maximum atomic E-state index is 13.2. The fourth-order valence-corrected chi connectivity index (χ4v) is 2.42. The molecule has 0 spiro atoms. The third kappa shape index (κ3) is 3.51.